The van der Waals surface area contributed by atoms with Crippen LogP contribution < -0.4 is 4.74 Å². The van der Waals surface area contributed by atoms with E-state index in [0.717, 1.165) is 12.5 Å². The van der Waals surface area contributed by atoms with Gasteiger partial charge in [0.2, 0.25) is 0 Å². The van der Waals surface area contributed by atoms with Gasteiger partial charge in [-0.05, 0) is 30.2 Å². The zero-order chi connectivity index (χ0) is 16.2. The fourth-order valence-corrected chi connectivity index (χ4v) is 1.96. The molecule has 22 heavy (non-hydrogen) atoms. The highest BCUT2D eigenvalue weighted by molar-refractivity contribution is 5.77. The summed E-state index contributed by atoms with van der Waals surface area (Å²) in [4.78, 5) is 11.0. The number of carboxylic acids is 1. The van der Waals surface area contributed by atoms with Crippen LogP contribution in [0.5, 0.6) is 5.75 Å². The first kappa shape index (κ1) is 16.0. The number of carboxylic acid groups (broad SMARTS) is 1. The number of carbonyl (C=O) groups is 1. The largest absolute Gasteiger partial charge is 0.489 e. The Hall–Kier alpha value is -2.37. The van der Waals surface area contributed by atoms with Crippen molar-refractivity contribution in [3.8, 4) is 5.75 Å². The van der Waals surface area contributed by atoms with Gasteiger partial charge in [-0.15, -0.1) is 0 Å². The van der Waals surface area contributed by atoms with E-state index < -0.39 is 17.7 Å². The van der Waals surface area contributed by atoms with Crippen molar-refractivity contribution in [1.82, 2.24) is 0 Å². The molecule has 2 aromatic carbocycles. The highest BCUT2D eigenvalue weighted by Crippen LogP contribution is 2.28. The van der Waals surface area contributed by atoms with Crippen LogP contribution >= 0.6 is 0 Å². The molecule has 2 rings (SSSR count). The fourth-order valence-electron chi connectivity index (χ4n) is 1.96. The second-order valence-corrected chi connectivity index (χ2v) is 5.20. The van der Waals surface area contributed by atoms with Gasteiger partial charge in [0, 0.05) is 0 Å². The maximum atomic E-state index is 11.0. The Labute approximate surface area is 128 Å². The van der Waals surface area contributed by atoms with E-state index in [0.29, 0.717) is 12.4 Å². The van der Waals surface area contributed by atoms with Crippen molar-refractivity contribution in [3.05, 3.63) is 65.7 Å². The predicted molar refractivity (Wildman–Crippen MR) is 80.4 cm³/mol. The molecule has 0 spiro atoms. The SMILES string of the molecule is C[C@](O)(C(=O)O)[C@H](O)c1cccc(OCc2ccccc2)c1. The summed E-state index contributed by atoms with van der Waals surface area (Å²) < 4.78 is 5.62. The number of aliphatic hydroxyl groups excluding tert-OH is 1. The maximum Gasteiger partial charge on any atom is 0.338 e. The van der Waals surface area contributed by atoms with Crippen LogP contribution in [-0.4, -0.2) is 26.9 Å². The van der Waals surface area contributed by atoms with E-state index in [9.17, 15) is 15.0 Å². The summed E-state index contributed by atoms with van der Waals surface area (Å²) in [6, 6.07) is 16.0. The number of aliphatic hydroxyl groups is 2. The molecule has 2 aromatic rings. The molecule has 3 N–H and O–H groups in total. The lowest BCUT2D eigenvalue weighted by atomic mass is 9.93. The smallest absolute Gasteiger partial charge is 0.338 e. The van der Waals surface area contributed by atoms with Crippen molar-refractivity contribution >= 4 is 5.97 Å². The third-order valence-electron chi connectivity index (χ3n) is 3.39. The molecule has 2 atom stereocenters. The molecule has 0 fully saturated rings. The molecule has 0 saturated heterocycles. The molecule has 5 nitrogen and oxygen atoms in total. The first-order valence-electron chi connectivity index (χ1n) is 6.82. The minimum absolute atomic E-state index is 0.276. The summed E-state index contributed by atoms with van der Waals surface area (Å²) in [6.45, 7) is 1.41. The molecular weight excluding hydrogens is 284 g/mol. The molecule has 0 aliphatic carbocycles. The van der Waals surface area contributed by atoms with Crippen LogP contribution in [0.2, 0.25) is 0 Å². The van der Waals surface area contributed by atoms with Gasteiger partial charge < -0.3 is 20.1 Å². The lowest BCUT2D eigenvalue weighted by Gasteiger charge is -2.25. The molecule has 0 aromatic heterocycles. The first-order valence-corrected chi connectivity index (χ1v) is 6.82. The second-order valence-electron chi connectivity index (χ2n) is 5.20. The zero-order valence-electron chi connectivity index (χ0n) is 12.1. The Morgan fingerprint density at radius 3 is 2.50 bits per heavy atom. The number of rotatable bonds is 6. The van der Waals surface area contributed by atoms with Crippen LogP contribution in [0.3, 0.4) is 0 Å². The first-order chi connectivity index (χ1) is 10.4. The van der Waals surface area contributed by atoms with E-state index in [1.54, 1.807) is 12.1 Å². The zero-order valence-corrected chi connectivity index (χ0v) is 12.1. The van der Waals surface area contributed by atoms with Crippen molar-refractivity contribution in [2.45, 2.75) is 25.2 Å². The van der Waals surface area contributed by atoms with E-state index in [1.165, 1.54) is 12.1 Å². The lowest BCUT2D eigenvalue weighted by Crippen LogP contribution is -2.41. The van der Waals surface area contributed by atoms with Gasteiger partial charge in [-0.1, -0.05) is 42.5 Å². The van der Waals surface area contributed by atoms with Crippen molar-refractivity contribution in [2.24, 2.45) is 0 Å². The average Bonchev–Trinajstić information content (AvgIpc) is 2.53. The molecule has 116 valence electrons. The fraction of sp³-hybridized carbons (Fsp3) is 0.235. The van der Waals surface area contributed by atoms with Gasteiger partial charge in [-0.25, -0.2) is 4.79 Å². The molecule has 0 aliphatic heterocycles. The Balaban J connectivity index is 2.11. The molecular formula is C17H18O5. The van der Waals surface area contributed by atoms with Crippen molar-refractivity contribution < 1.29 is 24.9 Å². The number of hydrogen-bond donors (Lipinski definition) is 3. The lowest BCUT2D eigenvalue weighted by molar-refractivity contribution is -0.169. The minimum Gasteiger partial charge on any atom is -0.489 e. The van der Waals surface area contributed by atoms with Crippen molar-refractivity contribution in [3.63, 3.8) is 0 Å². The second kappa shape index (κ2) is 6.60. The highest BCUT2D eigenvalue weighted by atomic mass is 16.5. The van der Waals surface area contributed by atoms with Gasteiger partial charge in [0.05, 0.1) is 0 Å². The third kappa shape index (κ3) is 3.63. The summed E-state index contributed by atoms with van der Waals surface area (Å²) >= 11 is 0. The molecule has 0 aliphatic rings. The molecule has 0 heterocycles. The Morgan fingerprint density at radius 1 is 1.18 bits per heavy atom. The van der Waals surface area contributed by atoms with Gasteiger partial charge in [0.15, 0.2) is 5.60 Å². The average molecular weight is 302 g/mol. The predicted octanol–water partition coefficient (Wildman–Crippen LogP) is 2.13. The van der Waals surface area contributed by atoms with Gasteiger partial charge in [-0.2, -0.15) is 0 Å². The quantitative estimate of drug-likeness (QED) is 0.761. The molecule has 0 bridgehead atoms. The maximum absolute atomic E-state index is 11.0. The van der Waals surface area contributed by atoms with Gasteiger partial charge >= 0.3 is 5.97 Å². The molecule has 0 amide bonds. The molecule has 0 saturated carbocycles. The van der Waals surface area contributed by atoms with E-state index in [1.807, 2.05) is 30.3 Å². The topological polar surface area (TPSA) is 87.0 Å². The number of hydrogen-bond acceptors (Lipinski definition) is 4. The number of benzene rings is 2. The van der Waals surface area contributed by atoms with Gasteiger partial charge in [0.1, 0.15) is 18.5 Å². The Kier molecular flexibility index (Phi) is 4.80. The van der Waals surface area contributed by atoms with Crippen molar-refractivity contribution in [1.29, 1.82) is 0 Å². The van der Waals surface area contributed by atoms with E-state index >= 15 is 0 Å². The molecule has 0 unspecified atom stereocenters. The molecule has 5 heteroatoms. The number of aliphatic carboxylic acids is 1. The Morgan fingerprint density at radius 2 is 1.86 bits per heavy atom. The minimum atomic E-state index is -2.27. The van der Waals surface area contributed by atoms with E-state index in [4.69, 9.17) is 9.84 Å². The van der Waals surface area contributed by atoms with Crippen LogP contribution in [0.1, 0.15) is 24.2 Å². The van der Waals surface area contributed by atoms with Crippen LogP contribution in [0, 0.1) is 0 Å². The van der Waals surface area contributed by atoms with Crippen LogP contribution in [0.15, 0.2) is 54.6 Å². The Bertz CT molecular complexity index is 637. The number of ether oxygens (including phenoxy) is 1. The summed E-state index contributed by atoms with van der Waals surface area (Å²) in [7, 11) is 0. The summed E-state index contributed by atoms with van der Waals surface area (Å²) in [5.74, 6) is -1.00. The molecule has 0 radical (unpaired) electrons. The standard InChI is InChI=1S/C17H18O5/c1-17(21,16(19)20)15(18)13-8-5-9-14(10-13)22-11-12-6-3-2-4-7-12/h2-10,15,18,21H,11H2,1H3,(H,19,20)/t15-,17-/m1/s1. The van der Waals surface area contributed by atoms with E-state index in [2.05, 4.69) is 0 Å². The highest BCUT2D eigenvalue weighted by Gasteiger charge is 2.39. The van der Waals surface area contributed by atoms with Gasteiger partial charge in [0.25, 0.3) is 0 Å². The van der Waals surface area contributed by atoms with E-state index in [-0.39, 0.29) is 5.56 Å². The summed E-state index contributed by atoms with van der Waals surface area (Å²) in [5.41, 5.74) is -0.998. The van der Waals surface area contributed by atoms with Crippen LogP contribution in [0.4, 0.5) is 0 Å². The van der Waals surface area contributed by atoms with Crippen molar-refractivity contribution in [2.75, 3.05) is 0 Å². The monoisotopic (exact) mass is 302 g/mol. The third-order valence-corrected chi connectivity index (χ3v) is 3.39. The normalized spacial score (nSPS) is 14.9. The van der Waals surface area contributed by atoms with Crippen LogP contribution in [0.25, 0.3) is 0 Å². The summed E-state index contributed by atoms with van der Waals surface area (Å²) in [6.07, 6.45) is -1.55. The van der Waals surface area contributed by atoms with Crippen LogP contribution in [-0.2, 0) is 11.4 Å². The van der Waals surface area contributed by atoms with Gasteiger partial charge in [-0.3, -0.25) is 0 Å². The summed E-state index contributed by atoms with van der Waals surface area (Å²) in [5, 5.41) is 28.8.